The number of hydrogen-bond donors (Lipinski definition) is 3. The largest absolute Gasteiger partial charge is 0.390 e. The van der Waals surface area contributed by atoms with Gasteiger partial charge in [0.1, 0.15) is 27.7 Å². The van der Waals surface area contributed by atoms with E-state index < -0.39 is 17.5 Å². The van der Waals surface area contributed by atoms with Crippen molar-refractivity contribution in [2.45, 2.75) is 49.9 Å². The number of nitrogen functional groups attached to an aromatic ring is 1. The van der Waals surface area contributed by atoms with E-state index in [2.05, 4.69) is 15.3 Å². The Morgan fingerprint density at radius 2 is 2.07 bits per heavy atom. The topological polar surface area (TPSA) is 115 Å². The maximum Gasteiger partial charge on any atom is 0.223 e. The number of nitrogens with one attached hydrogen (secondary N) is 1. The first-order chi connectivity index (χ1) is 14.3. The maximum absolute atomic E-state index is 10.4. The van der Waals surface area contributed by atoms with Gasteiger partial charge in [-0.15, -0.1) is 11.3 Å². The molecule has 3 fully saturated rings. The minimum Gasteiger partial charge on any atom is -0.390 e. The molecule has 2 aromatic heterocycles. The van der Waals surface area contributed by atoms with E-state index in [1.165, 1.54) is 11.3 Å². The average Bonchev–Trinajstić information content (AvgIpc) is 3.03. The predicted octanol–water partition coefficient (Wildman–Crippen LogP) is 3.05. The predicted molar refractivity (Wildman–Crippen MR) is 114 cm³/mol. The van der Waals surface area contributed by atoms with Crippen LogP contribution < -0.4 is 11.1 Å². The van der Waals surface area contributed by atoms with Gasteiger partial charge in [-0.2, -0.15) is 4.98 Å². The van der Waals surface area contributed by atoms with Crippen LogP contribution >= 0.6 is 22.9 Å². The van der Waals surface area contributed by atoms with Crippen LogP contribution in [0.4, 0.5) is 11.8 Å². The molecule has 3 heterocycles. The summed E-state index contributed by atoms with van der Waals surface area (Å²) in [4.78, 5) is 13.3. The number of para-hydroxylation sites is 1. The fourth-order valence-corrected chi connectivity index (χ4v) is 6.33. The third kappa shape index (κ3) is 2.53. The van der Waals surface area contributed by atoms with Crippen LogP contribution in [-0.4, -0.2) is 49.7 Å². The lowest BCUT2D eigenvalue weighted by atomic mass is 10.1. The van der Waals surface area contributed by atoms with Crippen molar-refractivity contribution in [2.24, 2.45) is 5.92 Å². The van der Waals surface area contributed by atoms with E-state index in [-0.39, 0.29) is 29.2 Å². The highest BCUT2D eigenvalue weighted by Crippen LogP contribution is 2.65. The van der Waals surface area contributed by atoms with E-state index in [1.807, 2.05) is 38.1 Å². The molecule has 3 aromatic rings. The van der Waals surface area contributed by atoms with Gasteiger partial charge in [0.15, 0.2) is 5.79 Å². The zero-order chi connectivity index (χ0) is 20.8. The fraction of sp³-hybridized carbons (Fsp3) is 0.450. The van der Waals surface area contributed by atoms with Crippen LogP contribution in [-0.2, 0) is 9.47 Å². The summed E-state index contributed by atoms with van der Waals surface area (Å²) >= 11 is 8.02. The van der Waals surface area contributed by atoms with Gasteiger partial charge in [-0.25, -0.2) is 9.97 Å². The van der Waals surface area contributed by atoms with Crippen LogP contribution in [0, 0.1) is 5.92 Å². The van der Waals surface area contributed by atoms with Crippen molar-refractivity contribution in [1.82, 2.24) is 15.0 Å². The number of fused-ring (bicyclic) bond motifs is 1. The Labute approximate surface area is 181 Å². The van der Waals surface area contributed by atoms with Crippen LogP contribution in [0.5, 0.6) is 0 Å². The number of nitrogens with zero attached hydrogens (tertiary/aromatic N) is 3. The summed E-state index contributed by atoms with van der Waals surface area (Å²) in [5.74, 6) is -0.133. The van der Waals surface area contributed by atoms with Crippen LogP contribution in [0.15, 0.2) is 24.3 Å². The van der Waals surface area contributed by atoms with Gasteiger partial charge in [0.05, 0.1) is 27.9 Å². The molecule has 1 aliphatic heterocycles. The van der Waals surface area contributed by atoms with E-state index in [1.54, 1.807) is 0 Å². The van der Waals surface area contributed by atoms with Crippen molar-refractivity contribution in [1.29, 1.82) is 0 Å². The first-order valence-electron chi connectivity index (χ1n) is 9.80. The summed E-state index contributed by atoms with van der Waals surface area (Å²) in [6.07, 6.45) is -0.112. The number of halogens is 1. The van der Waals surface area contributed by atoms with Gasteiger partial charge in [0.2, 0.25) is 5.95 Å². The molecule has 1 aromatic carbocycles. The first-order valence-corrected chi connectivity index (χ1v) is 11.0. The number of aliphatic hydroxyl groups excluding tert-OH is 1. The lowest BCUT2D eigenvalue weighted by Crippen LogP contribution is -2.40. The third-order valence-corrected chi connectivity index (χ3v) is 7.50. The SMILES string of the molecule is CC1(C)OC2C(Nc3nc(N)nc(Cl)c3-c3nc4ccccc4s3)CC3C(O)C32O1. The molecule has 10 heteroatoms. The Hall–Kier alpha value is -2.04. The molecule has 1 saturated heterocycles. The summed E-state index contributed by atoms with van der Waals surface area (Å²) < 4.78 is 13.3. The van der Waals surface area contributed by atoms with Gasteiger partial charge in [-0.1, -0.05) is 23.7 Å². The van der Waals surface area contributed by atoms with Gasteiger partial charge < -0.3 is 25.6 Å². The third-order valence-electron chi connectivity index (χ3n) is 6.18. The second-order valence-electron chi connectivity index (χ2n) is 8.51. The number of aliphatic hydroxyl groups is 1. The van der Waals surface area contributed by atoms with Crippen molar-refractivity contribution >= 4 is 44.9 Å². The molecule has 3 aliphatic rings. The number of rotatable bonds is 3. The summed E-state index contributed by atoms with van der Waals surface area (Å²) in [6, 6.07) is 7.77. The van der Waals surface area contributed by atoms with E-state index in [0.29, 0.717) is 22.8 Å². The summed E-state index contributed by atoms with van der Waals surface area (Å²) in [5.41, 5.74) is 6.75. The average molecular weight is 446 g/mol. The van der Waals surface area contributed by atoms with Gasteiger partial charge in [0.25, 0.3) is 0 Å². The molecule has 30 heavy (non-hydrogen) atoms. The number of thiazole rings is 1. The lowest BCUT2D eigenvalue weighted by molar-refractivity contribution is -0.157. The van der Waals surface area contributed by atoms with Crippen molar-refractivity contribution in [3.63, 3.8) is 0 Å². The molecule has 5 atom stereocenters. The molecule has 0 bridgehead atoms. The second kappa shape index (κ2) is 6.02. The zero-order valence-corrected chi connectivity index (χ0v) is 17.9. The molecule has 5 unspecified atom stereocenters. The molecule has 2 aliphatic carbocycles. The van der Waals surface area contributed by atoms with E-state index in [9.17, 15) is 5.11 Å². The van der Waals surface area contributed by atoms with E-state index in [0.717, 1.165) is 10.2 Å². The quantitative estimate of drug-likeness (QED) is 0.527. The standard InChI is InChI=1S/C20H20ClN5O3S/c1-19(2)28-14-10(7-8-13(27)20(8,14)29-19)23-16-12(15(21)25-18(22)26-16)17-24-9-5-3-4-6-11(9)30-17/h3-6,8,10,13-14,27H,7H2,1-2H3,(H3,22,23,25,26). The highest BCUT2D eigenvalue weighted by atomic mass is 35.5. The molecule has 6 rings (SSSR count). The Morgan fingerprint density at radius 1 is 1.27 bits per heavy atom. The Balaban J connectivity index is 1.39. The van der Waals surface area contributed by atoms with Crippen LogP contribution in [0.2, 0.25) is 5.15 Å². The molecule has 1 spiro atoms. The van der Waals surface area contributed by atoms with Crippen LogP contribution in [0.3, 0.4) is 0 Å². The number of ether oxygens (including phenoxy) is 2. The molecule has 2 saturated carbocycles. The molecule has 0 radical (unpaired) electrons. The van der Waals surface area contributed by atoms with E-state index >= 15 is 0 Å². The molecule has 8 nitrogen and oxygen atoms in total. The smallest absolute Gasteiger partial charge is 0.223 e. The molecule has 156 valence electrons. The highest BCUT2D eigenvalue weighted by Gasteiger charge is 2.81. The Morgan fingerprint density at radius 3 is 2.87 bits per heavy atom. The lowest BCUT2D eigenvalue weighted by Gasteiger charge is -2.25. The normalized spacial score (nSPS) is 33.5. The van der Waals surface area contributed by atoms with Crippen molar-refractivity contribution in [3.8, 4) is 10.6 Å². The second-order valence-corrected chi connectivity index (χ2v) is 9.90. The molecular formula is C20H20ClN5O3S. The number of nitrogens with two attached hydrogens (primary N) is 1. The number of hydrogen-bond acceptors (Lipinski definition) is 9. The van der Waals surface area contributed by atoms with Gasteiger partial charge in [-0.3, -0.25) is 0 Å². The van der Waals surface area contributed by atoms with Crippen molar-refractivity contribution < 1.29 is 14.6 Å². The van der Waals surface area contributed by atoms with Gasteiger partial charge >= 0.3 is 0 Å². The fourth-order valence-electron chi connectivity index (χ4n) is 5.00. The minimum absolute atomic E-state index is 0.0299. The molecule has 4 N–H and O–H groups in total. The van der Waals surface area contributed by atoms with Gasteiger partial charge in [0, 0.05) is 5.92 Å². The van der Waals surface area contributed by atoms with Crippen molar-refractivity contribution in [3.05, 3.63) is 29.4 Å². The van der Waals surface area contributed by atoms with E-state index in [4.69, 9.17) is 31.8 Å². The number of anilines is 2. The van der Waals surface area contributed by atoms with Crippen LogP contribution in [0.25, 0.3) is 20.8 Å². The zero-order valence-electron chi connectivity index (χ0n) is 16.3. The monoisotopic (exact) mass is 445 g/mol. The Kier molecular flexibility index (Phi) is 3.75. The summed E-state index contributed by atoms with van der Waals surface area (Å²) in [6.45, 7) is 3.73. The molecular weight excluding hydrogens is 426 g/mol. The Bertz CT molecular complexity index is 1150. The summed E-state index contributed by atoms with van der Waals surface area (Å²) in [5, 5.41) is 14.8. The molecule has 0 amide bonds. The van der Waals surface area contributed by atoms with Gasteiger partial charge in [-0.05, 0) is 32.4 Å². The van der Waals surface area contributed by atoms with Crippen LogP contribution in [0.1, 0.15) is 20.3 Å². The highest BCUT2D eigenvalue weighted by molar-refractivity contribution is 7.21. The van der Waals surface area contributed by atoms with Crippen molar-refractivity contribution in [2.75, 3.05) is 11.1 Å². The summed E-state index contributed by atoms with van der Waals surface area (Å²) in [7, 11) is 0. The number of benzene rings is 1. The first kappa shape index (κ1) is 18.7. The minimum atomic E-state index is -0.751. The maximum atomic E-state index is 10.4. The number of aromatic nitrogens is 3.